The molecule has 7 heteroatoms. The first-order valence-electron chi connectivity index (χ1n) is 10.9. The van der Waals surface area contributed by atoms with Crippen LogP contribution in [-0.2, 0) is 18.0 Å². The Bertz CT molecular complexity index is 1360. The lowest BCUT2D eigenvalue weighted by Crippen LogP contribution is -2.03. The van der Waals surface area contributed by atoms with Crippen LogP contribution in [0.1, 0.15) is 34.1 Å². The molecule has 0 fully saturated rings. The van der Waals surface area contributed by atoms with Crippen molar-refractivity contribution >= 4 is 40.2 Å². The van der Waals surface area contributed by atoms with Crippen LogP contribution in [0.25, 0.3) is 10.9 Å². The molecule has 0 spiro atoms. The summed E-state index contributed by atoms with van der Waals surface area (Å²) in [6.45, 7) is 0.790. The third-order valence-corrected chi connectivity index (χ3v) is 7.20. The number of carboxylic acid groups (broad SMARTS) is 1. The van der Waals surface area contributed by atoms with Crippen LogP contribution in [0.15, 0.2) is 72.8 Å². The molecule has 0 aliphatic carbocycles. The predicted molar refractivity (Wildman–Crippen MR) is 135 cm³/mol. The van der Waals surface area contributed by atoms with E-state index in [1.807, 2.05) is 60.7 Å². The highest BCUT2D eigenvalue weighted by Crippen LogP contribution is 2.45. The topological polar surface area (TPSA) is 68.7 Å². The highest BCUT2D eigenvalue weighted by molar-refractivity contribution is 7.99. The highest BCUT2D eigenvalue weighted by atomic mass is 35.5. The van der Waals surface area contributed by atoms with E-state index in [9.17, 15) is 4.79 Å². The van der Waals surface area contributed by atoms with Crippen LogP contribution >= 0.6 is 23.4 Å². The van der Waals surface area contributed by atoms with E-state index in [0.29, 0.717) is 29.7 Å². The molecule has 0 bridgehead atoms. The van der Waals surface area contributed by atoms with Crippen LogP contribution < -0.4 is 9.47 Å². The molecule has 1 aliphatic rings. The van der Waals surface area contributed by atoms with Crippen molar-refractivity contribution in [3.05, 3.63) is 100 Å². The highest BCUT2D eigenvalue weighted by Gasteiger charge is 2.26. The average Bonchev–Trinajstić information content (AvgIpc) is 2.99. The first-order valence-corrected chi connectivity index (χ1v) is 12.4. The predicted octanol–water partition coefficient (Wildman–Crippen LogP) is 6.66. The fourth-order valence-electron chi connectivity index (χ4n) is 4.01. The number of rotatable bonds is 7. The van der Waals surface area contributed by atoms with Crippen molar-refractivity contribution in [2.45, 2.75) is 24.9 Å². The maximum absolute atomic E-state index is 11.1. The van der Waals surface area contributed by atoms with Gasteiger partial charge in [0.1, 0.15) is 24.7 Å². The minimum atomic E-state index is -0.799. The van der Waals surface area contributed by atoms with Crippen LogP contribution in [0.2, 0.25) is 5.02 Å². The Morgan fingerprint density at radius 3 is 2.82 bits per heavy atom. The molecule has 1 aromatic heterocycles. The van der Waals surface area contributed by atoms with E-state index in [1.165, 1.54) is 0 Å². The zero-order chi connectivity index (χ0) is 23.5. The second kappa shape index (κ2) is 9.95. The van der Waals surface area contributed by atoms with Crippen molar-refractivity contribution in [1.82, 2.24) is 4.98 Å². The minimum absolute atomic E-state index is 0.0439. The number of hydrogen-bond donors (Lipinski definition) is 1. The number of benzene rings is 3. The summed E-state index contributed by atoms with van der Waals surface area (Å²) >= 11 is 7.72. The van der Waals surface area contributed by atoms with Gasteiger partial charge in [-0.05, 0) is 47.5 Å². The molecular formula is C27H22ClNO4S. The zero-order valence-corrected chi connectivity index (χ0v) is 19.8. The smallest absolute Gasteiger partial charge is 0.304 e. The summed E-state index contributed by atoms with van der Waals surface area (Å²) in [5, 5.41) is 10.7. The normalized spacial score (nSPS) is 14.6. The molecule has 0 radical (unpaired) electrons. The van der Waals surface area contributed by atoms with Gasteiger partial charge in [-0.3, -0.25) is 4.79 Å². The van der Waals surface area contributed by atoms with E-state index in [2.05, 4.69) is 17.1 Å². The third kappa shape index (κ3) is 4.98. The van der Waals surface area contributed by atoms with E-state index in [-0.39, 0.29) is 11.7 Å². The first kappa shape index (κ1) is 22.6. The monoisotopic (exact) mass is 491 g/mol. The Morgan fingerprint density at radius 2 is 1.94 bits per heavy atom. The number of aromatic nitrogens is 1. The van der Waals surface area contributed by atoms with Gasteiger partial charge in [0.2, 0.25) is 0 Å². The molecule has 3 aromatic carbocycles. The number of hydrogen-bond acceptors (Lipinski definition) is 5. The van der Waals surface area contributed by atoms with Gasteiger partial charge in [0.05, 0.1) is 22.9 Å². The lowest BCUT2D eigenvalue weighted by molar-refractivity contribution is -0.136. The molecular weight excluding hydrogens is 470 g/mol. The first-order chi connectivity index (χ1) is 16.6. The van der Waals surface area contributed by atoms with Gasteiger partial charge in [-0.1, -0.05) is 48.0 Å². The quantitative estimate of drug-likeness (QED) is 0.312. The summed E-state index contributed by atoms with van der Waals surface area (Å²) in [7, 11) is 0. The van der Waals surface area contributed by atoms with Gasteiger partial charge in [-0.25, -0.2) is 4.98 Å². The molecule has 34 heavy (non-hydrogen) atoms. The van der Waals surface area contributed by atoms with Crippen LogP contribution in [0.4, 0.5) is 0 Å². The van der Waals surface area contributed by atoms with Gasteiger partial charge < -0.3 is 14.6 Å². The van der Waals surface area contributed by atoms with E-state index < -0.39 is 5.97 Å². The Balaban J connectivity index is 1.41. The van der Waals surface area contributed by atoms with Gasteiger partial charge >= 0.3 is 5.97 Å². The number of carboxylic acids is 1. The van der Waals surface area contributed by atoms with E-state index >= 15 is 0 Å². The van der Waals surface area contributed by atoms with Gasteiger partial charge in [0, 0.05) is 21.7 Å². The number of halogens is 1. The van der Waals surface area contributed by atoms with Gasteiger partial charge in [-0.15, -0.1) is 11.8 Å². The van der Waals surface area contributed by atoms with Crippen molar-refractivity contribution in [3.63, 3.8) is 0 Å². The molecule has 5 rings (SSSR count). The van der Waals surface area contributed by atoms with E-state index in [0.717, 1.165) is 39.0 Å². The van der Waals surface area contributed by atoms with Crippen LogP contribution in [0, 0.1) is 0 Å². The minimum Gasteiger partial charge on any atom is -0.489 e. The van der Waals surface area contributed by atoms with Gasteiger partial charge in [0.15, 0.2) is 0 Å². The number of aliphatic carboxylic acids is 1. The maximum Gasteiger partial charge on any atom is 0.304 e. The fraction of sp³-hybridized carbons (Fsp3) is 0.185. The fourth-order valence-corrected chi connectivity index (χ4v) is 5.48. The molecule has 1 atom stereocenters. The van der Waals surface area contributed by atoms with E-state index in [4.69, 9.17) is 26.2 Å². The molecule has 5 nitrogen and oxygen atoms in total. The summed E-state index contributed by atoms with van der Waals surface area (Å²) in [4.78, 5) is 15.8. The Labute approximate surface area is 206 Å². The second-order valence-corrected chi connectivity index (χ2v) is 9.66. The van der Waals surface area contributed by atoms with Crippen LogP contribution in [0.5, 0.6) is 11.5 Å². The summed E-state index contributed by atoms with van der Waals surface area (Å²) in [6.07, 6.45) is 0.105. The Kier molecular flexibility index (Phi) is 6.61. The number of fused-ring (bicyclic) bond motifs is 3. The second-order valence-electron chi connectivity index (χ2n) is 8.01. The van der Waals surface area contributed by atoms with Crippen molar-refractivity contribution in [2.24, 2.45) is 0 Å². The molecule has 0 amide bonds. The third-order valence-electron chi connectivity index (χ3n) is 5.68. The van der Waals surface area contributed by atoms with Gasteiger partial charge in [0.25, 0.3) is 0 Å². The van der Waals surface area contributed by atoms with Crippen molar-refractivity contribution in [1.29, 1.82) is 0 Å². The zero-order valence-electron chi connectivity index (χ0n) is 18.2. The Morgan fingerprint density at radius 1 is 1.09 bits per heavy atom. The van der Waals surface area contributed by atoms with Gasteiger partial charge in [-0.2, -0.15) is 0 Å². The summed E-state index contributed by atoms with van der Waals surface area (Å²) in [6, 6.07) is 23.6. The molecule has 4 aromatic rings. The van der Waals surface area contributed by atoms with E-state index in [1.54, 1.807) is 11.8 Å². The average molecular weight is 492 g/mol. The molecule has 1 unspecified atom stereocenters. The number of carbonyl (C=O) groups is 1. The number of thioether (sulfide) groups is 1. The van der Waals surface area contributed by atoms with Crippen molar-refractivity contribution in [2.75, 3.05) is 5.75 Å². The summed E-state index contributed by atoms with van der Waals surface area (Å²) in [5.74, 6) is 1.20. The Hall–Kier alpha value is -3.22. The van der Waals surface area contributed by atoms with Crippen LogP contribution in [0.3, 0.4) is 0 Å². The van der Waals surface area contributed by atoms with Crippen LogP contribution in [-0.4, -0.2) is 21.8 Å². The molecule has 1 N–H and O–H groups in total. The lowest BCUT2D eigenvalue weighted by atomic mass is 10.00. The summed E-state index contributed by atoms with van der Waals surface area (Å²) < 4.78 is 12.2. The number of nitrogens with zero attached hydrogens (tertiary/aromatic N) is 1. The standard InChI is InChI=1S/C27H22ClNO4S/c28-19-7-5-17-6-8-20(29-24(17)13-19)16-32-21-9-10-25-23(14-21)27(34-12-11-26(30)31)22-4-2-1-3-18(22)15-33-25/h1-10,13-14,27H,11-12,15-16H2,(H,30,31). The number of ether oxygens (including phenoxy) is 2. The molecule has 2 heterocycles. The molecule has 0 saturated heterocycles. The van der Waals surface area contributed by atoms with Crippen molar-refractivity contribution in [3.8, 4) is 11.5 Å². The van der Waals surface area contributed by atoms with Crippen molar-refractivity contribution < 1.29 is 19.4 Å². The SMILES string of the molecule is O=C(O)CCSC1c2ccccc2COc2ccc(OCc3ccc4ccc(Cl)cc4n3)cc21. The molecule has 0 saturated carbocycles. The maximum atomic E-state index is 11.1. The number of pyridine rings is 1. The molecule has 172 valence electrons. The lowest BCUT2D eigenvalue weighted by Gasteiger charge is -2.19. The molecule has 1 aliphatic heterocycles. The largest absolute Gasteiger partial charge is 0.489 e. The summed E-state index contributed by atoms with van der Waals surface area (Å²) in [5.41, 5.74) is 4.86.